The van der Waals surface area contributed by atoms with Crippen LogP contribution in [0.15, 0.2) is 54.6 Å². The Morgan fingerprint density at radius 1 is 1.08 bits per heavy atom. The van der Waals surface area contributed by atoms with Crippen LogP contribution in [0.4, 0.5) is 11.6 Å². The highest BCUT2D eigenvalue weighted by atomic mass is 35.5. The standard InChI is InChI=1S/C18H15ClN4O2/c1-25-14-8-2-11(3-9-14)15-10-16(23-18(20)22-15)17(24)21-13-6-4-12(19)5-7-13/h2-10H,1H3,(H,21,24)(H2,20,22,23). The summed E-state index contributed by atoms with van der Waals surface area (Å²) < 4.78 is 5.13. The Labute approximate surface area is 149 Å². The molecule has 0 aliphatic rings. The zero-order valence-electron chi connectivity index (χ0n) is 13.4. The van der Waals surface area contributed by atoms with E-state index in [9.17, 15) is 4.79 Å². The van der Waals surface area contributed by atoms with Gasteiger partial charge >= 0.3 is 0 Å². The van der Waals surface area contributed by atoms with Crippen molar-refractivity contribution in [1.82, 2.24) is 9.97 Å². The summed E-state index contributed by atoms with van der Waals surface area (Å²) in [6.45, 7) is 0. The molecule has 2 aromatic carbocycles. The Morgan fingerprint density at radius 3 is 2.40 bits per heavy atom. The zero-order valence-corrected chi connectivity index (χ0v) is 14.1. The van der Waals surface area contributed by atoms with Gasteiger partial charge in [0.15, 0.2) is 0 Å². The summed E-state index contributed by atoms with van der Waals surface area (Å²) >= 11 is 5.84. The molecule has 0 atom stereocenters. The number of halogens is 1. The summed E-state index contributed by atoms with van der Waals surface area (Å²) in [4.78, 5) is 20.6. The molecule has 126 valence electrons. The third-order valence-corrected chi connectivity index (χ3v) is 3.72. The van der Waals surface area contributed by atoms with Crippen LogP contribution in [0.25, 0.3) is 11.3 Å². The maximum Gasteiger partial charge on any atom is 0.274 e. The van der Waals surface area contributed by atoms with E-state index in [0.29, 0.717) is 16.4 Å². The Balaban J connectivity index is 1.87. The SMILES string of the molecule is COc1ccc(-c2cc(C(=O)Nc3ccc(Cl)cc3)nc(N)n2)cc1. The van der Waals surface area contributed by atoms with Gasteiger partial charge in [0.05, 0.1) is 12.8 Å². The van der Waals surface area contributed by atoms with Gasteiger partial charge in [0.2, 0.25) is 5.95 Å². The molecule has 0 bridgehead atoms. The molecule has 3 rings (SSSR count). The molecule has 0 saturated heterocycles. The number of amides is 1. The average molecular weight is 355 g/mol. The zero-order chi connectivity index (χ0) is 17.8. The number of methoxy groups -OCH3 is 1. The minimum Gasteiger partial charge on any atom is -0.497 e. The van der Waals surface area contributed by atoms with Gasteiger partial charge < -0.3 is 15.8 Å². The second-order valence-electron chi connectivity index (χ2n) is 5.19. The molecular formula is C18H15ClN4O2. The molecule has 3 aromatic rings. The highest BCUT2D eigenvalue weighted by Crippen LogP contribution is 2.22. The van der Waals surface area contributed by atoms with Gasteiger partial charge in [-0.1, -0.05) is 11.6 Å². The topological polar surface area (TPSA) is 90.1 Å². The smallest absolute Gasteiger partial charge is 0.274 e. The van der Waals surface area contributed by atoms with E-state index in [0.717, 1.165) is 11.3 Å². The molecule has 1 heterocycles. The number of benzene rings is 2. The molecule has 0 saturated carbocycles. The van der Waals surface area contributed by atoms with Crippen molar-refractivity contribution in [2.75, 3.05) is 18.2 Å². The molecular weight excluding hydrogens is 340 g/mol. The Hall–Kier alpha value is -3.12. The van der Waals surface area contributed by atoms with E-state index in [4.69, 9.17) is 22.1 Å². The molecule has 0 radical (unpaired) electrons. The second kappa shape index (κ2) is 7.19. The molecule has 0 unspecified atom stereocenters. The quantitative estimate of drug-likeness (QED) is 0.746. The Morgan fingerprint density at radius 2 is 1.76 bits per heavy atom. The number of hydrogen-bond donors (Lipinski definition) is 2. The van der Waals surface area contributed by atoms with Gasteiger partial charge in [0.1, 0.15) is 11.4 Å². The van der Waals surface area contributed by atoms with E-state index in [2.05, 4.69) is 15.3 Å². The van der Waals surface area contributed by atoms with Crippen molar-refractivity contribution < 1.29 is 9.53 Å². The monoisotopic (exact) mass is 354 g/mol. The summed E-state index contributed by atoms with van der Waals surface area (Å²) in [6, 6.07) is 15.7. The van der Waals surface area contributed by atoms with Crippen LogP contribution in [0, 0.1) is 0 Å². The molecule has 1 amide bonds. The number of nitrogens with two attached hydrogens (primary N) is 1. The maximum atomic E-state index is 12.4. The van der Waals surface area contributed by atoms with Gasteiger partial charge in [-0.15, -0.1) is 0 Å². The highest BCUT2D eigenvalue weighted by Gasteiger charge is 2.12. The molecule has 0 spiro atoms. The minimum absolute atomic E-state index is 0.0228. The molecule has 6 nitrogen and oxygen atoms in total. The normalized spacial score (nSPS) is 10.3. The number of rotatable bonds is 4. The number of ether oxygens (including phenoxy) is 1. The van der Waals surface area contributed by atoms with Crippen LogP contribution in [0.5, 0.6) is 5.75 Å². The van der Waals surface area contributed by atoms with E-state index < -0.39 is 0 Å². The molecule has 0 aliphatic carbocycles. The molecule has 0 fully saturated rings. The van der Waals surface area contributed by atoms with Crippen molar-refractivity contribution in [3.05, 3.63) is 65.3 Å². The minimum atomic E-state index is -0.383. The van der Waals surface area contributed by atoms with Crippen LogP contribution in [0.1, 0.15) is 10.5 Å². The van der Waals surface area contributed by atoms with E-state index in [1.165, 1.54) is 0 Å². The summed E-state index contributed by atoms with van der Waals surface area (Å²) in [5.41, 5.74) is 7.90. The van der Waals surface area contributed by atoms with Crippen molar-refractivity contribution in [3.8, 4) is 17.0 Å². The van der Waals surface area contributed by atoms with Gasteiger partial charge in [-0.05, 0) is 54.6 Å². The summed E-state index contributed by atoms with van der Waals surface area (Å²) in [7, 11) is 1.59. The number of carbonyl (C=O) groups excluding carboxylic acids is 1. The first-order valence-corrected chi connectivity index (χ1v) is 7.79. The number of hydrogen-bond acceptors (Lipinski definition) is 5. The van der Waals surface area contributed by atoms with Crippen LogP contribution < -0.4 is 15.8 Å². The van der Waals surface area contributed by atoms with Crippen LogP contribution in [-0.2, 0) is 0 Å². The predicted octanol–water partition coefficient (Wildman–Crippen LogP) is 3.64. The van der Waals surface area contributed by atoms with Gasteiger partial charge in [0.25, 0.3) is 5.91 Å². The lowest BCUT2D eigenvalue weighted by Gasteiger charge is -2.08. The fourth-order valence-electron chi connectivity index (χ4n) is 2.22. The lowest BCUT2D eigenvalue weighted by Crippen LogP contribution is -2.15. The van der Waals surface area contributed by atoms with Gasteiger partial charge in [0, 0.05) is 16.3 Å². The van der Waals surface area contributed by atoms with Crippen molar-refractivity contribution in [2.45, 2.75) is 0 Å². The number of carbonyl (C=O) groups is 1. The number of aromatic nitrogens is 2. The number of nitrogens with one attached hydrogen (secondary N) is 1. The predicted molar refractivity (Wildman–Crippen MR) is 97.8 cm³/mol. The molecule has 0 aliphatic heterocycles. The van der Waals surface area contributed by atoms with Crippen molar-refractivity contribution in [3.63, 3.8) is 0 Å². The summed E-state index contributed by atoms with van der Waals surface area (Å²) in [5, 5.41) is 3.34. The lowest BCUT2D eigenvalue weighted by atomic mass is 10.1. The van der Waals surface area contributed by atoms with Gasteiger partial charge in [-0.3, -0.25) is 4.79 Å². The number of anilines is 2. The third kappa shape index (κ3) is 4.05. The van der Waals surface area contributed by atoms with Crippen molar-refractivity contribution >= 4 is 29.1 Å². The van der Waals surface area contributed by atoms with E-state index in [1.807, 2.05) is 12.1 Å². The lowest BCUT2D eigenvalue weighted by molar-refractivity contribution is 0.102. The van der Waals surface area contributed by atoms with E-state index in [1.54, 1.807) is 49.6 Å². The Kier molecular flexibility index (Phi) is 4.81. The fraction of sp³-hybridized carbons (Fsp3) is 0.0556. The molecule has 3 N–H and O–H groups in total. The van der Waals surface area contributed by atoms with Gasteiger partial charge in [-0.2, -0.15) is 0 Å². The van der Waals surface area contributed by atoms with Crippen molar-refractivity contribution in [2.24, 2.45) is 0 Å². The molecule has 1 aromatic heterocycles. The Bertz CT molecular complexity index is 896. The summed E-state index contributed by atoms with van der Waals surface area (Å²) in [5.74, 6) is 0.368. The van der Waals surface area contributed by atoms with E-state index in [-0.39, 0.29) is 17.5 Å². The fourth-order valence-corrected chi connectivity index (χ4v) is 2.35. The van der Waals surface area contributed by atoms with Crippen LogP contribution in [0.2, 0.25) is 5.02 Å². The van der Waals surface area contributed by atoms with Crippen molar-refractivity contribution in [1.29, 1.82) is 0 Å². The highest BCUT2D eigenvalue weighted by molar-refractivity contribution is 6.30. The first kappa shape index (κ1) is 16.7. The summed E-state index contributed by atoms with van der Waals surface area (Å²) in [6.07, 6.45) is 0. The molecule has 25 heavy (non-hydrogen) atoms. The number of nitrogen functional groups attached to an aromatic ring is 1. The van der Waals surface area contributed by atoms with E-state index >= 15 is 0 Å². The largest absolute Gasteiger partial charge is 0.497 e. The van der Waals surface area contributed by atoms with Crippen LogP contribution in [-0.4, -0.2) is 23.0 Å². The first-order valence-electron chi connectivity index (χ1n) is 7.41. The van der Waals surface area contributed by atoms with Crippen LogP contribution >= 0.6 is 11.6 Å². The molecule has 7 heteroatoms. The van der Waals surface area contributed by atoms with Gasteiger partial charge in [-0.25, -0.2) is 9.97 Å². The number of nitrogens with zero attached hydrogens (tertiary/aromatic N) is 2. The maximum absolute atomic E-state index is 12.4. The second-order valence-corrected chi connectivity index (χ2v) is 5.62. The third-order valence-electron chi connectivity index (χ3n) is 3.46. The average Bonchev–Trinajstić information content (AvgIpc) is 2.63. The first-order chi connectivity index (χ1) is 12.0. The van der Waals surface area contributed by atoms with Crippen LogP contribution in [0.3, 0.4) is 0 Å².